The summed E-state index contributed by atoms with van der Waals surface area (Å²) < 4.78 is 0. The summed E-state index contributed by atoms with van der Waals surface area (Å²) >= 11 is 1.53. The lowest BCUT2D eigenvalue weighted by Gasteiger charge is -2.15. The van der Waals surface area contributed by atoms with E-state index in [0.717, 1.165) is 22.8 Å². The lowest BCUT2D eigenvalue weighted by atomic mass is 10.1. The van der Waals surface area contributed by atoms with Crippen molar-refractivity contribution in [1.82, 2.24) is 10.6 Å². The van der Waals surface area contributed by atoms with Gasteiger partial charge in [0.1, 0.15) is 0 Å². The molecule has 3 rings (SSSR count). The molecular formula is C20H23N3O2S. The Morgan fingerprint density at radius 2 is 1.96 bits per heavy atom. The molecule has 1 atom stereocenters. The normalized spacial score (nSPS) is 13.8. The van der Waals surface area contributed by atoms with Gasteiger partial charge in [0, 0.05) is 21.9 Å². The molecule has 1 aliphatic rings. The van der Waals surface area contributed by atoms with Crippen molar-refractivity contribution in [2.24, 2.45) is 5.92 Å². The second kappa shape index (κ2) is 8.38. The van der Waals surface area contributed by atoms with Crippen LogP contribution in [0.15, 0.2) is 52.3 Å². The molecule has 1 aliphatic heterocycles. The number of benzene rings is 2. The first-order valence-corrected chi connectivity index (χ1v) is 9.59. The first kappa shape index (κ1) is 18.5. The largest absolute Gasteiger partial charge is 0.352 e. The number of hydrogen-bond donors (Lipinski definition) is 3. The van der Waals surface area contributed by atoms with Gasteiger partial charge in [-0.15, -0.1) is 0 Å². The van der Waals surface area contributed by atoms with Crippen molar-refractivity contribution in [2.45, 2.75) is 23.1 Å². The number of fused-ring (bicyclic) bond motifs is 2. The van der Waals surface area contributed by atoms with E-state index in [2.05, 4.69) is 22.9 Å². The van der Waals surface area contributed by atoms with Gasteiger partial charge in [0.15, 0.2) is 0 Å². The maximum Gasteiger partial charge on any atom is 0.256 e. The van der Waals surface area contributed by atoms with E-state index in [9.17, 15) is 9.59 Å². The average Bonchev–Trinajstić information content (AvgIpc) is 2.80. The Bertz CT molecular complexity index is 822. The van der Waals surface area contributed by atoms with Crippen molar-refractivity contribution in [2.75, 3.05) is 25.5 Å². The molecule has 2 amide bonds. The Balaban J connectivity index is 1.76. The van der Waals surface area contributed by atoms with Crippen LogP contribution < -0.4 is 16.0 Å². The van der Waals surface area contributed by atoms with Gasteiger partial charge < -0.3 is 16.0 Å². The summed E-state index contributed by atoms with van der Waals surface area (Å²) in [4.78, 5) is 26.8. The van der Waals surface area contributed by atoms with E-state index in [0.29, 0.717) is 29.3 Å². The Hall–Kier alpha value is -2.31. The van der Waals surface area contributed by atoms with Gasteiger partial charge in [-0.2, -0.15) is 0 Å². The SMILES string of the molecule is CCC(CNC)CNC(=O)c1ccc2c(c1)NC(=O)c1ccccc1S2. The molecule has 0 bridgehead atoms. The molecule has 0 spiro atoms. The van der Waals surface area contributed by atoms with E-state index in [1.807, 2.05) is 37.4 Å². The molecule has 2 aromatic rings. The predicted molar refractivity (Wildman–Crippen MR) is 105 cm³/mol. The minimum absolute atomic E-state index is 0.122. The first-order chi connectivity index (χ1) is 12.6. The second-order valence-electron chi connectivity index (χ2n) is 6.31. The highest BCUT2D eigenvalue weighted by Crippen LogP contribution is 2.38. The smallest absolute Gasteiger partial charge is 0.256 e. The fourth-order valence-electron chi connectivity index (χ4n) is 2.90. The molecular weight excluding hydrogens is 346 g/mol. The summed E-state index contributed by atoms with van der Waals surface area (Å²) in [7, 11) is 1.91. The molecule has 0 saturated carbocycles. The van der Waals surface area contributed by atoms with Crippen LogP contribution in [-0.2, 0) is 0 Å². The minimum atomic E-state index is -0.149. The molecule has 26 heavy (non-hydrogen) atoms. The molecule has 6 heteroatoms. The highest BCUT2D eigenvalue weighted by atomic mass is 32.2. The molecule has 136 valence electrons. The van der Waals surface area contributed by atoms with Crippen LogP contribution in [-0.4, -0.2) is 32.0 Å². The van der Waals surface area contributed by atoms with Crippen LogP contribution >= 0.6 is 11.8 Å². The van der Waals surface area contributed by atoms with Crippen molar-refractivity contribution in [3.63, 3.8) is 0 Å². The van der Waals surface area contributed by atoms with Crippen LogP contribution in [0.1, 0.15) is 34.1 Å². The molecule has 0 radical (unpaired) electrons. The van der Waals surface area contributed by atoms with Crippen molar-refractivity contribution >= 4 is 29.3 Å². The number of carbonyl (C=O) groups is 2. The monoisotopic (exact) mass is 369 g/mol. The molecule has 0 aromatic heterocycles. The maximum atomic E-state index is 12.5. The van der Waals surface area contributed by atoms with E-state index < -0.39 is 0 Å². The predicted octanol–water partition coefficient (Wildman–Crippen LogP) is 3.38. The van der Waals surface area contributed by atoms with Crippen LogP contribution in [0, 0.1) is 5.92 Å². The third-order valence-electron chi connectivity index (χ3n) is 4.46. The molecule has 3 N–H and O–H groups in total. The van der Waals surface area contributed by atoms with Gasteiger partial charge >= 0.3 is 0 Å². The number of anilines is 1. The van der Waals surface area contributed by atoms with Gasteiger partial charge in [0.05, 0.1) is 11.3 Å². The summed E-state index contributed by atoms with van der Waals surface area (Å²) in [5.41, 5.74) is 1.87. The lowest BCUT2D eigenvalue weighted by molar-refractivity contribution is 0.0945. The lowest BCUT2D eigenvalue weighted by Crippen LogP contribution is -2.33. The van der Waals surface area contributed by atoms with Gasteiger partial charge in [-0.05, 0) is 49.8 Å². The third kappa shape index (κ3) is 4.08. The number of carbonyl (C=O) groups excluding carboxylic acids is 2. The van der Waals surface area contributed by atoms with Gasteiger partial charge in [-0.1, -0.05) is 37.2 Å². The maximum absolute atomic E-state index is 12.5. The van der Waals surface area contributed by atoms with Crippen molar-refractivity contribution < 1.29 is 9.59 Å². The Kier molecular flexibility index (Phi) is 5.96. The van der Waals surface area contributed by atoms with E-state index in [-0.39, 0.29) is 11.8 Å². The summed E-state index contributed by atoms with van der Waals surface area (Å²) in [6, 6.07) is 13.0. The van der Waals surface area contributed by atoms with Crippen molar-refractivity contribution in [3.8, 4) is 0 Å². The second-order valence-corrected chi connectivity index (χ2v) is 7.39. The number of rotatable bonds is 6. The molecule has 5 nitrogen and oxygen atoms in total. The molecule has 0 fully saturated rings. The van der Waals surface area contributed by atoms with Gasteiger partial charge in [0.25, 0.3) is 11.8 Å². The number of nitrogens with one attached hydrogen (secondary N) is 3. The van der Waals surface area contributed by atoms with E-state index in [4.69, 9.17) is 0 Å². The topological polar surface area (TPSA) is 70.2 Å². The molecule has 0 aliphatic carbocycles. The van der Waals surface area contributed by atoms with E-state index in [1.165, 1.54) is 11.8 Å². The van der Waals surface area contributed by atoms with Crippen LogP contribution in [0.25, 0.3) is 0 Å². The average molecular weight is 369 g/mol. The Labute approximate surface area is 157 Å². The number of amides is 2. The first-order valence-electron chi connectivity index (χ1n) is 8.77. The third-order valence-corrected chi connectivity index (χ3v) is 5.61. The fourth-order valence-corrected chi connectivity index (χ4v) is 3.91. The summed E-state index contributed by atoms with van der Waals surface area (Å²) in [5.74, 6) is 0.127. The van der Waals surface area contributed by atoms with Gasteiger partial charge in [-0.25, -0.2) is 0 Å². The molecule has 2 aromatic carbocycles. The van der Waals surface area contributed by atoms with Crippen LogP contribution in [0.5, 0.6) is 0 Å². The van der Waals surface area contributed by atoms with Gasteiger partial charge in [0.2, 0.25) is 0 Å². The highest BCUT2D eigenvalue weighted by Gasteiger charge is 2.20. The molecule has 1 unspecified atom stereocenters. The van der Waals surface area contributed by atoms with Crippen LogP contribution in [0.2, 0.25) is 0 Å². The summed E-state index contributed by atoms with van der Waals surface area (Å²) in [6.45, 7) is 3.60. The van der Waals surface area contributed by atoms with Crippen molar-refractivity contribution in [1.29, 1.82) is 0 Å². The zero-order valence-corrected chi connectivity index (χ0v) is 15.8. The zero-order chi connectivity index (χ0) is 18.5. The minimum Gasteiger partial charge on any atom is -0.352 e. The van der Waals surface area contributed by atoms with Gasteiger partial charge in [-0.3, -0.25) is 9.59 Å². The molecule has 0 saturated heterocycles. The Morgan fingerprint density at radius 3 is 2.73 bits per heavy atom. The summed E-state index contributed by atoms with van der Waals surface area (Å²) in [6.07, 6.45) is 0.996. The fraction of sp³-hybridized carbons (Fsp3) is 0.300. The highest BCUT2D eigenvalue weighted by molar-refractivity contribution is 7.99. The van der Waals surface area contributed by atoms with Crippen LogP contribution in [0.3, 0.4) is 0 Å². The quantitative estimate of drug-likeness (QED) is 0.730. The molecule has 1 heterocycles. The van der Waals surface area contributed by atoms with E-state index in [1.54, 1.807) is 12.1 Å². The standard InChI is InChI=1S/C20H23N3O2S/c1-3-13(11-21-2)12-22-19(24)14-8-9-18-16(10-14)23-20(25)15-6-4-5-7-17(15)26-18/h4-10,13,21H,3,11-12H2,1-2H3,(H,22,24)(H,23,25). The summed E-state index contributed by atoms with van der Waals surface area (Å²) in [5, 5.41) is 9.05. The van der Waals surface area contributed by atoms with Crippen molar-refractivity contribution in [3.05, 3.63) is 53.6 Å². The van der Waals surface area contributed by atoms with E-state index >= 15 is 0 Å². The Morgan fingerprint density at radius 1 is 1.15 bits per heavy atom. The zero-order valence-electron chi connectivity index (χ0n) is 15.0. The van der Waals surface area contributed by atoms with Crippen LogP contribution in [0.4, 0.5) is 5.69 Å². The number of hydrogen-bond acceptors (Lipinski definition) is 4.